The second-order valence-corrected chi connectivity index (χ2v) is 9.37. The van der Waals surface area contributed by atoms with Crippen molar-refractivity contribution in [1.82, 2.24) is 14.5 Å². The third-order valence-electron chi connectivity index (χ3n) is 3.75. The van der Waals surface area contributed by atoms with E-state index in [4.69, 9.17) is 4.74 Å². The van der Waals surface area contributed by atoms with Gasteiger partial charge in [-0.15, -0.1) is 10.2 Å². The van der Waals surface area contributed by atoms with Crippen LogP contribution in [0.1, 0.15) is 10.4 Å². The number of Topliss-reactive ketones (excluding diaryl/α,β-unsaturated/α-hetero) is 1. The second-order valence-electron chi connectivity index (χ2n) is 5.40. The number of benzene rings is 1. The first-order valence-electron chi connectivity index (χ1n) is 7.83. The van der Waals surface area contributed by atoms with E-state index in [-0.39, 0.29) is 17.2 Å². The summed E-state index contributed by atoms with van der Waals surface area (Å²) >= 11 is 2.84. The average molecular weight is 415 g/mol. The Morgan fingerprint density at radius 2 is 2.12 bits per heavy atom. The Bertz CT molecular complexity index is 879. The minimum Gasteiger partial charge on any atom is -0.379 e. The molecule has 0 saturated carbocycles. The number of sulfonamides is 1. The fraction of sp³-hybridized carbons (Fsp3) is 0.400. The molecule has 0 spiro atoms. The van der Waals surface area contributed by atoms with Gasteiger partial charge in [-0.2, -0.15) is 4.31 Å². The number of ether oxygens (including phenoxy) is 1. The largest absolute Gasteiger partial charge is 0.379 e. The van der Waals surface area contributed by atoms with E-state index in [1.807, 2.05) is 6.26 Å². The number of anilines is 1. The van der Waals surface area contributed by atoms with Crippen molar-refractivity contribution in [2.24, 2.45) is 0 Å². The zero-order valence-corrected chi connectivity index (χ0v) is 16.5. The molecule has 2 heterocycles. The quantitative estimate of drug-likeness (QED) is 0.538. The van der Waals surface area contributed by atoms with E-state index in [1.54, 1.807) is 12.1 Å². The van der Waals surface area contributed by atoms with Crippen molar-refractivity contribution in [3.8, 4) is 0 Å². The molecule has 1 aliphatic heterocycles. The van der Waals surface area contributed by atoms with Crippen molar-refractivity contribution in [2.45, 2.75) is 9.24 Å². The number of hydrogen-bond donors (Lipinski definition) is 1. The van der Waals surface area contributed by atoms with Gasteiger partial charge in [0.1, 0.15) is 0 Å². The van der Waals surface area contributed by atoms with Gasteiger partial charge in [-0.05, 0) is 18.4 Å². The lowest BCUT2D eigenvalue weighted by molar-refractivity contribution is 0.0730. The van der Waals surface area contributed by atoms with Crippen LogP contribution < -0.4 is 5.32 Å². The highest BCUT2D eigenvalue weighted by Crippen LogP contribution is 2.23. The molecule has 1 fully saturated rings. The van der Waals surface area contributed by atoms with E-state index in [1.165, 1.54) is 39.5 Å². The molecule has 2 aromatic rings. The van der Waals surface area contributed by atoms with Crippen LogP contribution in [0.4, 0.5) is 5.13 Å². The van der Waals surface area contributed by atoms with Crippen LogP contribution in [0.2, 0.25) is 0 Å². The maximum atomic E-state index is 12.7. The molecular weight excluding hydrogens is 396 g/mol. The Labute approximate surface area is 160 Å². The van der Waals surface area contributed by atoms with Crippen molar-refractivity contribution in [3.05, 3.63) is 29.8 Å². The van der Waals surface area contributed by atoms with Crippen LogP contribution in [0.15, 0.2) is 33.5 Å². The van der Waals surface area contributed by atoms with Crippen LogP contribution in [0.25, 0.3) is 0 Å². The molecule has 0 unspecified atom stereocenters. The number of carbonyl (C=O) groups is 1. The van der Waals surface area contributed by atoms with Gasteiger partial charge in [0.05, 0.1) is 24.7 Å². The average Bonchev–Trinajstić information content (AvgIpc) is 3.15. The maximum absolute atomic E-state index is 12.7. The molecule has 26 heavy (non-hydrogen) atoms. The van der Waals surface area contributed by atoms with E-state index in [9.17, 15) is 13.2 Å². The molecule has 1 aromatic heterocycles. The molecule has 8 nitrogen and oxygen atoms in total. The van der Waals surface area contributed by atoms with Gasteiger partial charge in [-0.3, -0.25) is 4.79 Å². The Morgan fingerprint density at radius 1 is 1.35 bits per heavy atom. The SMILES string of the molecule is CSc1nnc(NCC(=O)c2cccc(S(=O)(=O)N3CCOCC3)c2)s1. The van der Waals surface area contributed by atoms with Crippen LogP contribution in [-0.4, -0.2) is 67.8 Å². The fourth-order valence-corrected chi connectivity index (χ4v) is 5.01. The molecule has 1 aromatic carbocycles. The van der Waals surface area contributed by atoms with E-state index in [2.05, 4.69) is 15.5 Å². The van der Waals surface area contributed by atoms with E-state index < -0.39 is 10.0 Å². The molecular formula is C15H18N4O4S3. The molecule has 1 saturated heterocycles. The highest BCUT2D eigenvalue weighted by Gasteiger charge is 2.26. The smallest absolute Gasteiger partial charge is 0.243 e. The van der Waals surface area contributed by atoms with E-state index in [0.717, 1.165) is 4.34 Å². The topological polar surface area (TPSA) is 101 Å². The molecule has 0 atom stereocenters. The lowest BCUT2D eigenvalue weighted by atomic mass is 10.1. The number of thioether (sulfide) groups is 1. The summed E-state index contributed by atoms with van der Waals surface area (Å²) in [5, 5.41) is 11.4. The first-order chi connectivity index (χ1) is 12.5. The van der Waals surface area contributed by atoms with E-state index >= 15 is 0 Å². The normalized spacial score (nSPS) is 15.7. The zero-order chi connectivity index (χ0) is 18.6. The summed E-state index contributed by atoms with van der Waals surface area (Å²) in [6, 6.07) is 6.11. The summed E-state index contributed by atoms with van der Waals surface area (Å²) in [5.41, 5.74) is 0.335. The summed E-state index contributed by atoms with van der Waals surface area (Å²) in [5.74, 6) is -0.218. The van der Waals surface area contributed by atoms with Crippen molar-refractivity contribution >= 4 is 44.0 Å². The third kappa shape index (κ3) is 4.41. The van der Waals surface area contributed by atoms with Gasteiger partial charge in [-0.1, -0.05) is 35.2 Å². The van der Waals surface area contributed by atoms with Gasteiger partial charge in [-0.25, -0.2) is 8.42 Å². The maximum Gasteiger partial charge on any atom is 0.243 e. The minimum absolute atomic E-state index is 0.0179. The summed E-state index contributed by atoms with van der Waals surface area (Å²) < 4.78 is 32.8. The molecule has 1 N–H and O–H groups in total. The number of aromatic nitrogens is 2. The van der Waals surface area contributed by atoms with Crippen molar-refractivity contribution in [3.63, 3.8) is 0 Å². The molecule has 140 valence electrons. The number of rotatable bonds is 7. The van der Waals surface area contributed by atoms with Gasteiger partial charge < -0.3 is 10.1 Å². The van der Waals surface area contributed by atoms with Crippen LogP contribution in [0.5, 0.6) is 0 Å². The van der Waals surface area contributed by atoms with Crippen LogP contribution in [0.3, 0.4) is 0 Å². The Balaban J connectivity index is 1.70. The lowest BCUT2D eigenvalue weighted by Crippen LogP contribution is -2.40. The zero-order valence-electron chi connectivity index (χ0n) is 14.0. The number of ketones is 1. The standard InChI is InChI=1S/C15H18N4O4S3/c1-24-15-18-17-14(25-15)16-10-13(20)11-3-2-4-12(9-11)26(21,22)19-5-7-23-8-6-19/h2-4,9H,5-8,10H2,1H3,(H,16,17). The van der Waals surface area contributed by atoms with Crippen molar-refractivity contribution in [2.75, 3.05) is 44.4 Å². The summed E-state index contributed by atoms with van der Waals surface area (Å²) in [6.45, 7) is 1.40. The summed E-state index contributed by atoms with van der Waals surface area (Å²) in [7, 11) is -3.63. The molecule has 1 aliphatic rings. The number of nitrogens with one attached hydrogen (secondary N) is 1. The first kappa shape index (κ1) is 19.2. The molecule has 0 bridgehead atoms. The van der Waals surface area contributed by atoms with Gasteiger partial charge in [0.15, 0.2) is 10.1 Å². The van der Waals surface area contributed by atoms with Crippen LogP contribution in [-0.2, 0) is 14.8 Å². The molecule has 0 radical (unpaired) electrons. The lowest BCUT2D eigenvalue weighted by Gasteiger charge is -2.26. The van der Waals surface area contributed by atoms with Gasteiger partial charge in [0.25, 0.3) is 0 Å². The third-order valence-corrected chi connectivity index (χ3v) is 7.50. The molecule has 0 amide bonds. The Morgan fingerprint density at radius 3 is 2.81 bits per heavy atom. The summed E-state index contributed by atoms with van der Waals surface area (Å²) in [6.07, 6.45) is 1.90. The van der Waals surface area contributed by atoms with Crippen LogP contribution >= 0.6 is 23.1 Å². The fourth-order valence-electron chi connectivity index (χ4n) is 2.39. The number of hydrogen-bond acceptors (Lipinski definition) is 9. The first-order valence-corrected chi connectivity index (χ1v) is 11.3. The number of nitrogens with zero attached hydrogens (tertiary/aromatic N) is 3. The molecule has 0 aliphatic carbocycles. The molecule has 11 heteroatoms. The van der Waals surface area contributed by atoms with Crippen molar-refractivity contribution < 1.29 is 17.9 Å². The van der Waals surface area contributed by atoms with Crippen LogP contribution in [0, 0.1) is 0 Å². The summed E-state index contributed by atoms with van der Waals surface area (Å²) in [4.78, 5) is 12.5. The highest BCUT2D eigenvalue weighted by molar-refractivity contribution is 8.00. The number of morpholine rings is 1. The second kappa shape index (κ2) is 8.44. The Kier molecular flexibility index (Phi) is 6.24. The highest BCUT2D eigenvalue weighted by atomic mass is 32.2. The predicted molar refractivity (Wildman–Crippen MR) is 101 cm³/mol. The molecule has 3 rings (SSSR count). The predicted octanol–water partition coefficient (Wildman–Crippen LogP) is 1.58. The monoisotopic (exact) mass is 414 g/mol. The Hall–Kier alpha value is -1.53. The van der Waals surface area contributed by atoms with E-state index in [0.29, 0.717) is 37.0 Å². The van der Waals surface area contributed by atoms with Gasteiger partial charge in [0, 0.05) is 18.7 Å². The minimum atomic E-state index is -3.63. The number of carbonyl (C=O) groups excluding carboxylic acids is 1. The van der Waals surface area contributed by atoms with Crippen molar-refractivity contribution in [1.29, 1.82) is 0 Å². The van der Waals surface area contributed by atoms with Gasteiger partial charge in [0.2, 0.25) is 15.2 Å². The van der Waals surface area contributed by atoms with Gasteiger partial charge >= 0.3 is 0 Å².